The molecule has 0 spiro atoms. The van der Waals surface area contributed by atoms with Gasteiger partial charge in [0.2, 0.25) is 5.91 Å². The summed E-state index contributed by atoms with van der Waals surface area (Å²) in [7, 11) is 1.54. The first kappa shape index (κ1) is 38.7. The summed E-state index contributed by atoms with van der Waals surface area (Å²) in [4.78, 5) is 35.4. The average Bonchev–Trinajstić information content (AvgIpc) is 3.50. The predicted molar refractivity (Wildman–Crippen MR) is 200 cm³/mol. The Hall–Kier alpha value is -4.49. The van der Waals surface area contributed by atoms with E-state index < -0.39 is 23.6 Å². The number of methoxy groups -OCH3 is 1. The van der Waals surface area contributed by atoms with Gasteiger partial charge >= 0.3 is 6.09 Å². The fourth-order valence-corrected chi connectivity index (χ4v) is 6.38. The molecular weight excluding hydrogens is 710 g/mol. The number of hydrogen-bond acceptors (Lipinski definition) is 9. The van der Waals surface area contributed by atoms with E-state index in [1.54, 1.807) is 82.3 Å². The number of carbonyl (C=O) groups is 2. The number of carbonyl (C=O) groups excluding carboxylic acids is 2. The highest BCUT2D eigenvalue weighted by molar-refractivity contribution is 6.39. The number of halogens is 3. The molecule has 3 heterocycles. The molecule has 0 saturated carbocycles. The number of rotatable bonds is 13. The van der Waals surface area contributed by atoms with E-state index in [2.05, 4.69) is 25.9 Å². The van der Waals surface area contributed by atoms with E-state index in [0.29, 0.717) is 68.8 Å². The molecule has 2 aromatic carbocycles. The van der Waals surface area contributed by atoms with Gasteiger partial charge in [-0.05, 0) is 58.4 Å². The van der Waals surface area contributed by atoms with Crippen LogP contribution in [0, 0.1) is 5.82 Å². The molecule has 1 saturated heterocycles. The van der Waals surface area contributed by atoms with Gasteiger partial charge in [0.05, 0.1) is 41.2 Å². The maximum atomic E-state index is 15.4. The summed E-state index contributed by atoms with van der Waals surface area (Å²) in [6.07, 6.45) is 3.10. The number of amides is 2. The van der Waals surface area contributed by atoms with Crippen LogP contribution in [0.1, 0.15) is 51.7 Å². The summed E-state index contributed by atoms with van der Waals surface area (Å²) in [6, 6.07) is 13.9. The minimum absolute atomic E-state index is 0.00215. The van der Waals surface area contributed by atoms with Crippen LogP contribution in [0.3, 0.4) is 0 Å². The van der Waals surface area contributed by atoms with Gasteiger partial charge in [0.15, 0.2) is 11.6 Å². The monoisotopic (exact) mass is 752 g/mol. The van der Waals surface area contributed by atoms with E-state index in [1.165, 1.54) is 6.20 Å². The topological polar surface area (TPSA) is 138 Å². The first-order valence-corrected chi connectivity index (χ1v) is 17.7. The van der Waals surface area contributed by atoms with Crippen molar-refractivity contribution in [3.05, 3.63) is 87.9 Å². The van der Waals surface area contributed by atoms with Crippen LogP contribution in [0.5, 0.6) is 5.75 Å². The molecule has 2 aromatic heterocycles. The maximum Gasteiger partial charge on any atom is 0.410 e. The van der Waals surface area contributed by atoms with E-state index in [9.17, 15) is 14.7 Å². The minimum Gasteiger partial charge on any atom is -0.496 e. The van der Waals surface area contributed by atoms with Crippen molar-refractivity contribution < 1.29 is 28.6 Å². The number of anilines is 2. The summed E-state index contributed by atoms with van der Waals surface area (Å²) < 4.78 is 26.8. The van der Waals surface area contributed by atoms with Crippen molar-refractivity contribution in [3.63, 3.8) is 0 Å². The van der Waals surface area contributed by atoms with Crippen molar-refractivity contribution in [2.24, 2.45) is 0 Å². The molecule has 2 atom stereocenters. The lowest BCUT2D eigenvalue weighted by Gasteiger charge is -2.29. The Labute approximate surface area is 312 Å². The van der Waals surface area contributed by atoms with Crippen LogP contribution in [-0.2, 0) is 22.6 Å². The number of aromatic nitrogens is 2. The number of benzene rings is 2. The molecule has 5 rings (SSSR count). The molecule has 52 heavy (non-hydrogen) atoms. The summed E-state index contributed by atoms with van der Waals surface area (Å²) in [5, 5.41) is 19.1. The van der Waals surface area contributed by atoms with Crippen molar-refractivity contribution >= 4 is 46.7 Å². The third-order valence-electron chi connectivity index (χ3n) is 8.25. The van der Waals surface area contributed by atoms with Crippen LogP contribution in [0.25, 0.3) is 22.4 Å². The van der Waals surface area contributed by atoms with E-state index in [4.69, 9.17) is 32.7 Å². The highest BCUT2D eigenvalue weighted by Gasteiger charge is 2.29. The van der Waals surface area contributed by atoms with Crippen LogP contribution >= 0.6 is 23.2 Å². The van der Waals surface area contributed by atoms with Gasteiger partial charge in [-0.3, -0.25) is 9.78 Å². The number of nitrogens with zero attached hydrogens (tertiary/aromatic N) is 3. The second-order valence-corrected chi connectivity index (χ2v) is 14.4. The van der Waals surface area contributed by atoms with E-state index in [-0.39, 0.29) is 37.4 Å². The lowest BCUT2D eigenvalue weighted by molar-refractivity contribution is -0.119. The molecule has 11 nitrogen and oxygen atoms in total. The smallest absolute Gasteiger partial charge is 0.410 e. The normalized spacial score (nSPS) is 14.9. The molecule has 14 heteroatoms. The Morgan fingerprint density at radius 1 is 1.10 bits per heavy atom. The molecule has 0 bridgehead atoms. The zero-order chi connectivity index (χ0) is 37.6. The Morgan fingerprint density at radius 2 is 1.85 bits per heavy atom. The van der Waals surface area contributed by atoms with Crippen LogP contribution in [0.4, 0.5) is 20.7 Å². The van der Waals surface area contributed by atoms with Crippen molar-refractivity contribution in [3.8, 4) is 28.1 Å². The van der Waals surface area contributed by atoms with Crippen LogP contribution in [0.15, 0.2) is 60.9 Å². The van der Waals surface area contributed by atoms with Gasteiger partial charge < -0.3 is 35.4 Å². The van der Waals surface area contributed by atoms with Crippen molar-refractivity contribution in [1.29, 1.82) is 0 Å². The fraction of sp³-hybridized carbons (Fsp3) is 0.368. The zero-order valence-corrected chi connectivity index (χ0v) is 31.2. The molecule has 0 unspecified atom stereocenters. The second-order valence-electron chi connectivity index (χ2n) is 13.6. The number of nitrogens with one attached hydrogen (secondary N) is 3. The van der Waals surface area contributed by atoms with Crippen LogP contribution in [-0.4, -0.2) is 69.9 Å². The van der Waals surface area contributed by atoms with Gasteiger partial charge in [-0.15, -0.1) is 0 Å². The quantitative estimate of drug-likeness (QED) is 0.109. The molecule has 1 aliphatic rings. The minimum atomic E-state index is -0.704. The molecule has 1 aliphatic heterocycles. The standard InChI is InChI=1S/C38H43Cl2FN6O5/c1-22(48)18-42-19-24-13-15-44-36(34(24)41)46-29-8-6-7-27(32(29)39)28-14-16-43-35(33(28)40)23-9-10-25(30(17-23)51-5)20-47(37(50)52-38(2,3)4)21-26-11-12-31(49)45-26/h6-10,13-17,22,26,42,48H,11-12,18-21H2,1-5H3,(H,44,46)(H,45,49)/t22-,26+/m1/s1. The molecule has 0 radical (unpaired) electrons. The molecule has 1 fully saturated rings. The van der Waals surface area contributed by atoms with E-state index in [0.717, 1.165) is 5.56 Å². The summed E-state index contributed by atoms with van der Waals surface area (Å²) >= 11 is 13.9. The molecule has 2 amide bonds. The van der Waals surface area contributed by atoms with Crippen molar-refractivity contribution in [2.75, 3.05) is 25.5 Å². The Kier molecular flexibility index (Phi) is 12.6. The van der Waals surface area contributed by atoms with Crippen molar-refractivity contribution in [1.82, 2.24) is 25.5 Å². The van der Waals surface area contributed by atoms with Gasteiger partial charge in [0, 0.05) is 72.3 Å². The Morgan fingerprint density at radius 3 is 2.54 bits per heavy atom. The average molecular weight is 754 g/mol. The first-order valence-electron chi connectivity index (χ1n) is 16.9. The van der Waals surface area contributed by atoms with E-state index in [1.807, 2.05) is 12.1 Å². The molecular formula is C38H43Cl2FN6O5. The zero-order valence-electron chi connectivity index (χ0n) is 29.7. The Bertz CT molecular complexity index is 1920. The lowest BCUT2D eigenvalue weighted by atomic mass is 10.0. The van der Waals surface area contributed by atoms with Crippen LogP contribution in [0.2, 0.25) is 10.0 Å². The number of pyridine rings is 2. The highest BCUT2D eigenvalue weighted by atomic mass is 35.5. The van der Waals surface area contributed by atoms with Gasteiger partial charge in [0.1, 0.15) is 11.4 Å². The Balaban J connectivity index is 1.40. The molecule has 4 N–H and O–H groups in total. The van der Waals surface area contributed by atoms with Gasteiger partial charge in [-0.25, -0.2) is 14.2 Å². The SMILES string of the molecule is COc1cc(-c2nccc(-c3cccc(Nc4nccc(CNC[C@@H](C)O)c4F)c3Cl)c2Cl)ccc1CN(C[C@@H]1CCC(=O)N1)C(=O)OC(C)(C)C. The highest BCUT2D eigenvalue weighted by Crippen LogP contribution is 2.42. The van der Waals surface area contributed by atoms with Gasteiger partial charge in [-0.2, -0.15) is 0 Å². The first-order chi connectivity index (χ1) is 24.7. The van der Waals surface area contributed by atoms with Crippen molar-refractivity contribution in [2.45, 2.75) is 71.4 Å². The van der Waals surface area contributed by atoms with Gasteiger partial charge in [-0.1, -0.05) is 47.5 Å². The fourth-order valence-electron chi connectivity index (χ4n) is 5.78. The number of ether oxygens (including phenoxy) is 2. The lowest BCUT2D eigenvalue weighted by Crippen LogP contribution is -2.43. The number of hydrogen-bond donors (Lipinski definition) is 4. The van der Waals surface area contributed by atoms with Crippen LogP contribution < -0.4 is 20.7 Å². The largest absolute Gasteiger partial charge is 0.496 e. The summed E-state index contributed by atoms with van der Waals surface area (Å²) in [5.74, 6) is -0.0706. The third kappa shape index (κ3) is 9.68. The summed E-state index contributed by atoms with van der Waals surface area (Å²) in [5.41, 5.74) is 3.15. The van der Waals surface area contributed by atoms with E-state index >= 15 is 4.39 Å². The summed E-state index contributed by atoms with van der Waals surface area (Å²) in [6.45, 7) is 8.05. The number of aliphatic hydroxyl groups is 1. The third-order valence-corrected chi connectivity index (χ3v) is 9.04. The maximum absolute atomic E-state index is 15.4. The molecule has 4 aromatic rings. The molecule has 0 aliphatic carbocycles. The molecule has 276 valence electrons. The van der Waals surface area contributed by atoms with Gasteiger partial charge in [0.25, 0.3) is 0 Å². The number of aliphatic hydroxyl groups excluding tert-OH is 1. The predicted octanol–water partition coefficient (Wildman–Crippen LogP) is 7.49. The second kappa shape index (κ2) is 16.9.